The summed E-state index contributed by atoms with van der Waals surface area (Å²) in [6.45, 7) is 4.71. The van der Waals surface area contributed by atoms with Crippen LogP contribution >= 0.6 is 0 Å². The summed E-state index contributed by atoms with van der Waals surface area (Å²) in [5.41, 5.74) is 7.07. The molecule has 62 heavy (non-hydrogen) atoms. The molecule has 0 atom stereocenters. The number of benzene rings is 7. The first-order chi connectivity index (χ1) is 30.6. The quantitative estimate of drug-likeness (QED) is 0.0524. The number of ether oxygens (including phenoxy) is 4. The van der Waals surface area contributed by atoms with Crippen LogP contribution in [-0.2, 0) is 22.6 Å². The Kier molecular flexibility index (Phi) is 16.1. The zero-order valence-electron chi connectivity index (χ0n) is 34.9. The highest BCUT2D eigenvalue weighted by Gasteiger charge is 2.21. The van der Waals surface area contributed by atoms with Gasteiger partial charge < -0.3 is 29.6 Å². The molecule has 0 heterocycles. The zero-order chi connectivity index (χ0) is 42.6. The Hall–Kier alpha value is -7.00. The monoisotopic (exact) mass is 826 g/mol. The number of carbonyl (C=O) groups excluding carboxylic acids is 2. The van der Waals surface area contributed by atoms with E-state index in [9.17, 15) is 9.59 Å². The summed E-state index contributed by atoms with van der Waals surface area (Å²) in [7, 11) is 0. The molecule has 7 rings (SSSR count). The molecule has 0 saturated heterocycles. The first kappa shape index (κ1) is 43.1. The van der Waals surface area contributed by atoms with E-state index in [0.717, 1.165) is 83.9 Å². The minimum atomic E-state index is -0.474. The van der Waals surface area contributed by atoms with Crippen molar-refractivity contribution in [2.45, 2.75) is 38.1 Å². The molecule has 0 fully saturated rings. The van der Waals surface area contributed by atoms with Crippen LogP contribution in [0.5, 0.6) is 11.5 Å². The van der Waals surface area contributed by atoms with E-state index in [1.165, 1.54) is 0 Å². The fraction of sp³-hybridized carbons (Fsp3) is 0.185. The SMILES string of the molecule is O=C(OC(c1ccccc1)c1ccccc1)c1ccc(C[NH2+]CCCOc2ccc(OCCC[NH2+]Cc3ccc(C(=O)OC(c4ccccc4)c4ccccc4)cc3)cc2)cc1. The summed E-state index contributed by atoms with van der Waals surface area (Å²) < 4.78 is 24.0. The van der Waals surface area contributed by atoms with Crippen molar-refractivity contribution in [3.63, 3.8) is 0 Å². The molecular formula is C54H54N2O6+2. The average Bonchev–Trinajstić information content (AvgIpc) is 3.34. The van der Waals surface area contributed by atoms with Gasteiger partial charge in [-0.25, -0.2) is 9.59 Å². The molecule has 0 aliphatic carbocycles. The Bertz CT molecular complexity index is 2130. The van der Waals surface area contributed by atoms with E-state index in [1.807, 2.05) is 194 Å². The largest absolute Gasteiger partial charge is 0.493 e. The summed E-state index contributed by atoms with van der Waals surface area (Å²) >= 11 is 0. The van der Waals surface area contributed by atoms with E-state index in [2.05, 4.69) is 10.6 Å². The van der Waals surface area contributed by atoms with Crippen LogP contribution in [0.1, 0.15) is 79.1 Å². The number of rotatable bonds is 22. The van der Waals surface area contributed by atoms with Crippen LogP contribution < -0.4 is 20.1 Å². The second-order valence-corrected chi connectivity index (χ2v) is 15.0. The molecule has 7 aromatic rings. The molecule has 0 spiro atoms. The van der Waals surface area contributed by atoms with Gasteiger partial charge in [0, 0.05) is 24.0 Å². The van der Waals surface area contributed by atoms with E-state index in [4.69, 9.17) is 18.9 Å². The van der Waals surface area contributed by atoms with Gasteiger partial charge in [-0.2, -0.15) is 0 Å². The predicted molar refractivity (Wildman–Crippen MR) is 241 cm³/mol. The van der Waals surface area contributed by atoms with Crippen LogP contribution in [0.4, 0.5) is 0 Å². The molecule has 0 bridgehead atoms. The van der Waals surface area contributed by atoms with E-state index >= 15 is 0 Å². The third kappa shape index (κ3) is 13.0. The number of quaternary nitrogens is 2. The van der Waals surface area contributed by atoms with Crippen LogP contribution in [0.15, 0.2) is 194 Å². The minimum absolute atomic E-state index is 0.347. The predicted octanol–water partition coefficient (Wildman–Crippen LogP) is 8.64. The van der Waals surface area contributed by atoms with Gasteiger partial charge in [0.15, 0.2) is 12.2 Å². The Labute approximate surface area is 364 Å². The molecule has 4 N–H and O–H groups in total. The lowest BCUT2D eigenvalue weighted by molar-refractivity contribution is -0.671. The number of carbonyl (C=O) groups is 2. The summed E-state index contributed by atoms with van der Waals surface area (Å²) in [5.74, 6) is 0.947. The van der Waals surface area contributed by atoms with Gasteiger partial charge in [0.25, 0.3) is 0 Å². The maximum Gasteiger partial charge on any atom is 0.339 e. The standard InChI is InChI=1S/C54H52N2O6/c57-53(61-51(43-15-5-1-6-16-43)44-17-7-2-8-18-44)47-27-23-41(24-28-47)39-55-35-13-37-59-49-31-33-50(34-32-49)60-38-14-36-56-40-42-25-29-48(30-26-42)54(58)62-52(45-19-9-3-10-20-45)46-21-11-4-12-22-46/h1-12,15-34,51-52,55-56H,13-14,35-40H2/p+2. The molecule has 8 heteroatoms. The van der Waals surface area contributed by atoms with Crippen LogP contribution in [0.25, 0.3) is 0 Å². The first-order valence-electron chi connectivity index (χ1n) is 21.4. The maximum atomic E-state index is 13.1. The van der Waals surface area contributed by atoms with Crippen LogP contribution in [0, 0.1) is 0 Å². The van der Waals surface area contributed by atoms with Crippen molar-refractivity contribution >= 4 is 11.9 Å². The zero-order valence-corrected chi connectivity index (χ0v) is 34.9. The number of nitrogens with two attached hydrogens (primary N) is 2. The molecule has 7 aromatic carbocycles. The summed E-state index contributed by atoms with van der Waals surface area (Å²) in [4.78, 5) is 26.3. The average molecular weight is 827 g/mol. The van der Waals surface area contributed by atoms with Crippen molar-refractivity contribution in [1.29, 1.82) is 0 Å². The Morgan fingerprint density at radius 3 is 1.00 bits per heavy atom. The second kappa shape index (κ2) is 23.1. The topological polar surface area (TPSA) is 104 Å². The number of hydrogen-bond acceptors (Lipinski definition) is 6. The lowest BCUT2D eigenvalue weighted by Gasteiger charge is -2.19. The first-order valence-corrected chi connectivity index (χ1v) is 21.4. The fourth-order valence-electron chi connectivity index (χ4n) is 7.08. The van der Waals surface area contributed by atoms with Crippen molar-refractivity contribution in [2.75, 3.05) is 26.3 Å². The molecule has 0 radical (unpaired) electrons. The van der Waals surface area contributed by atoms with E-state index in [0.29, 0.717) is 24.3 Å². The van der Waals surface area contributed by atoms with Gasteiger partial charge in [-0.3, -0.25) is 0 Å². The van der Waals surface area contributed by atoms with E-state index < -0.39 is 12.2 Å². The van der Waals surface area contributed by atoms with Crippen molar-refractivity contribution < 1.29 is 39.2 Å². The van der Waals surface area contributed by atoms with Gasteiger partial charge in [0.2, 0.25) is 0 Å². The smallest absolute Gasteiger partial charge is 0.339 e. The summed E-state index contributed by atoms with van der Waals surface area (Å²) in [6.07, 6.45) is 0.858. The van der Waals surface area contributed by atoms with E-state index in [1.54, 1.807) is 0 Å². The van der Waals surface area contributed by atoms with Crippen molar-refractivity contribution in [2.24, 2.45) is 0 Å². The lowest BCUT2D eigenvalue weighted by atomic mass is 10.0. The fourth-order valence-corrected chi connectivity index (χ4v) is 7.08. The van der Waals surface area contributed by atoms with E-state index in [-0.39, 0.29) is 11.9 Å². The third-order valence-electron chi connectivity index (χ3n) is 10.5. The third-order valence-corrected chi connectivity index (χ3v) is 10.5. The highest BCUT2D eigenvalue weighted by Crippen LogP contribution is 2.28. The maximum absolute atomic E-state index is 13.1. The highest BCUT2D eigenvalue weighted by atomic mass is 16.5. The Balaban J connectivity index is 0.739. The molecule has 0 unspecified atom stereocenters. The Morgan fingerprint density at radius 1 is 0.387 bits per heavy atom. The van der Waals surface area contributed by atoms with Gasteiger partial charge >= 0.3 is 11.9 Å². The van der Waals surface area contributed by atoms with Gasteiger partial charge in [0.05, 0.1) is 37.4 Å². The minimum Gasteiger partial charge on any atom is -0.493 e. The van der Waals surface area contributed by atoms with Crippen molar-refractivity contribution in [1.82, 2.24) is 0 Å². The molecular weight excluding hydrogens is 773 g/mol. The molecule has 8 nitrogen and oxygen atoms in total. The number of esters is 2. The highest BCUT2D eigenvalue weighted by molar-refractivity contribution is 5.90. The molecule has 0 aliphatic rings. The van der Waals surface area contributed by atoms with Gasteiger partial charge in [-0.15, -0.1) is 0 Å². The lowest BCUT2D eigenvalue weighted by Crippen LogP contribution is -2.82. The summed E-state index contributed by atoms with van der Waals surface area (Å²) in [5, 5.41) is 4.49. The molecule has 0 aromatic heterocycles. The molecule has 0 aliphatic heterocycles. The van der Waals surface area contributed by atoms with Crippen LogP contribution in [0.2, 0.25) is 0 Å². The molecule has 0 amide bonds. The van der Waals surface area contributed by atoms with Crippen molar-refractivity contribution in [3.8, 4) is 11.5 Å². The number of hydrogen-bond donors (Lipinski definition) is 2. The normalized spacial score (nSPS) is 11.0. The Morgan fingerprint density at radius 2 is 0.694 bits per heavy atom. The molecule has 314 valence electrons. The van der Waals surface area contributed by atoms with Gasteiger partial charge in [0.1, 0.15) is 24.6 Å². The van der Waals surface area contributed by atoms with Crippen molar-refractivity contribution in [3.05, 3.63) is 239 Å². The van der Waals surface area contributed by atoms with Crippen LogP contribution in [-0.4, -0.2) is 38.2 Å². The molecule has 0 saturated carbocycles. The second-order valence-electron chi connectivity index (χ2n) is 15.0. The van der Waals surface area contributed by atoms with Crippen LogP contribution in [0.3, 0.4) is 0 Å². The van der Waals surface area contributed by atoms with Gasteiger partial charge in [-0.05, 0) is 70.8 Å². The van der Waals surface area contributed by atoms with Gasteiger partial charge in [-0.1, -0.05) is 146 Å². The summed E-state index contributed by atoms with van der Waals surface area (Å²) in [6, 6.07) is 62.4.